The van der Waals surface area contributed by atoms with Crippen molar-refractivity contribution in [1.82, 2.24) is 19.1 Å². The average Bonchev–Trinajstić information content (AvgIpc) is 3.76. The summed E-state index contributed by atoms with van der Waals surface area (Å²) in [5.74, 6) is 0. The van der Waals surface area contributed by atoms with E-state index >= 15 is 0 Å². The molecule has 210 valence electrons. The van der Waals surface area contributed by atoms with Gasteiger partial charge in [-0.05, 0) is 54.1 Å². The molecular weight excluding hydrogens is 552 g/mol. The van der Waals surface area contributed by atoms with Crippen molar-refractivity contribution >= 4 is 65.8 Å². The van der Waals surface area contributed by atoms with Gasteiger partial charge in [-0.1, -0.05) is 84.9 Å². The summed E-state index contributed by atoms with van der Waals surface area (Å²) in [6, 6.07) is 47.6. The van der Waals surface area contributed by atoms with Crippen molar-refractivity contribution in [1.29, 1.82) is 0 Å². The van der Waals surface area contributed by atoms with E-state index in [2.05, 4.69) is 146 Å². The van der Waals surface area contributed by atoms with Gasteiger partial charge in [-0.2, -0.15) is 0 Å². The van der Waals surface area contributed by atoms with E-state index in [1.165, 1.54) is 32.6 Å². The Morgan fingerprint density at radius 2 is 1.07 bits per heavy atom. The van der Waals surface area contributed by atoms with Crippen LogP contribution < -0.4 is 0 Å². The van der Waals surface area contributed by atoms with E-state index in [1.807, 2.05) is 6.07 Å². The van der Waals surface area contributed by atoms with E-state index in [0.717, 1.165) is 50.0 Å². The molecule has 0 unspecified atom stereocenters. The molecule has 0 fully saturated rings. The zero-order valence-electron chi connectivity index (χ0n) is 24.1. The summed E-state index contributed by atoms with van der Waals surface area (Å²) in [5.41, 5.74) is 11.0. The highest BCUT2D eigenvalue weighted by atomic mass is 16.3. The van der Waals surface area contributed by atoms with E-state index in [0.29, 0.717) is 5.71 Å². The van der Waals surface area contributed by atoms with Crippen LogP contribution in [0.4, 0.5) is 0 Å². The van der Waals surface area contributed by atoms with Crippen molar-refractivity contribution in [3.05, 3.63) is 146 Å². The van der Waals surface area contributed by atoms with Crippen LogP contribution in [0.15, 0.2) is 150 Å². The molecule has 10 aromatic rings. The van der Waals surface area contributed by atoms with Gasteiger partial charge < -0.3 is 13.6 Å². The van der Waals surface area contributed by atoms with Gasteiger partial charge in [0.15, 0.2) is 0 Å². The van der Waals surface area contributed by atoms with Gasteiger partial charge in [-0.15, -0.1) is 0 Å². The zero-order chi connectivity index (χ0) is 29.5. The van der Waals surface area contributed by atoms with Crippen molar-refractivity contribution < 1.29 is 4.42 Å². The number of aromatic nitrogens is 4. The van der Waals surface area contributed by atoms with Crippen LogP contribution in [0.25, 0.3) is 88.3 Å². The van der Waals surface area contributed by atoms with Crippen molar-refractivity contribution in [2.75, 3.05) is 0 Å². The standard InChI is InChI=1S/C40H24N4O/c1-2-10-25(11-3-1)37-36(21-19-30-38-40(45-39(30)37)42-23-22-41-38)44-34-17-9-6-14-29(34)31-24-26(18-20-35(31)44)43-32-15-7-4-12-27(32)28-13-5-8-16-33(28)43/h1-24H. The molecule has 5 heteroatoms. The average molecular weight is 577 g/mol. The second-order valence-corrected chi connectivity index (χ2v) is 11.4. The number of fused-ring (bicyclic) bond motifs is 9. The molecule has 6 aromatic carbocycles. The molecule has 0 aliphatic carbocycles. The first kappa shape index (κ1) is 24.3. The Morgan fingerprint density at radius 1 is 0.467 bits per heavy atom. The Bertz CT molecular complexity index is 2710. The lowest BCUT2D eigenvalue weighted by atomic mass is 10.0. The lowest BCUT2D eigenvalue weighted by Gasteiger charge is -2.15. The first-order valence-electron chi connectivity index (χ1n) is 15.1. The summed E-state index contributed by atoms with van der Waals surface area (Å²) in [6.07, 6.45) is 3.39. The van der Waals surface area contributed by atoms with Crippen LogP contribution in [-0.4, -0.2) is 19.1 Å². The predicted molar refractivity (Wildman–Crippen MR) is 183 cm³/mol. The fourth-order valence-corrected chi connectivity index (χ4v) is 7.18. The molecule has 10 rings (SSSR count). The summed E-state index contributed by atoms with van der Waals surface area (Å²) >= 11 is 0. The van der Waals surface area contributed by atoms with Crippen LogP contribution in [-0.2, 0) is 0 Å². The van der Waals surface area contributed by atoms with Gasteiger partial charge in [-0.3, -0.25) is 0 Å². The van der Waals surface area contributed by atoms with Crippen molar-refractivity contribution in [3.63, 3.8) is 0 Å². The van der Waals surface area contributed by atoms with Crippen molar-refractivity contribution in [3.8, 4) is 22.5 Å². The molecule has 0 amide bonds. The Hall–Kier alpha value is -6.20. The van der Waals surface area contributed by atoms with E-state index in [1.54, 1.807) is 12.4 Å². The number of hydrogen-bond donors (Lipinski definition) is 0. The number of rotatable bonds is 3. The van der Waals surface area contributed by atoms with Gasteiger partial charge in [0.1, 0.15) is 11.1 Å². The Kier molecular flexibility index (Phi) is 4.93. The second kappa shape index (κ2) is 9.15. The highest BCUT2D eigenvalue weighted by Gasteiger charge is 2.22. The molecule has 0 saturated heterocycles. The van der Waals surface area contributed by atoms with Gasteiger partial charge >= 0.3 is 0 Å². The molecule has 0 bridgehead atoms. The number of para-hydroxylation sites is 3. The fourth-order valence-electron chi connectivity index (χ4n) is 7.18. The molecule has 4 aromatic heterocycles. The maximum absolute atomic E-state index is 6.46. The largest absolute Gasteiger partial charge is 0.436 e. The first-order valence-corrected chi connectivity index (χ1v) is 15.1. The lowest BCUT2D eigenvalue weighted by molar-refractivity contribution is 0.653. The third-order valence-electron chi connectivity index (χ3n) is 9.05. The minimum Gasteiger partial charge on any atom is -0.436 e. The summed E-state index contributed by atoms with van der Waals surface area (Å²) in [4.78, 5) is 9.09. The minimum atomic E-state index is 0.542. The first-order chi connectivity index (χ1) is 22.3. The zero-order valence-corrected chi connectivity index (χ0v) is 24.1. The van der Waals surface area contributed by atoms with Gasteiger partial charge in [0, 0.05) is 50.6 Å². The normalized spacial score (nSPS) is 12.0. The summed E-state index contributed by atoms with van der Waals surface area (Å²) in [5, 5.41) is 5.85. The maximum atomic E-state index is 6.46. The second-order valence-electron chi connectivity index (χ2n) is 11.4. The Balaban J connectivity index is 1.31. The highest BCUT2D eigenvalue weighted by molar-refractivity contribution is 6.14. The van der Waals surface area contributed by atoms with Crippen molar-refractivity contribution in [2.45, 2.75) is 0 Å². The number of benzene rings is 6. The molecule has 0 atom stereocenters. The molecule has 5 nitrogen and oxygen atoms in total. The SMILES string of the molecule is c1ccc(-c2c(-n3c4ccccc4c4cc(-n5c6ccccc6c6ccccc65)ccc43)ccc3c2oc2nccnc23)cc1. The van der Waals surface area contributed by atoms with Gasteiger partial charge in [0.05, 0.1) is 27.8 Å². The third-order valence-corrected chi connectivity index (χ3v) is 9.05. The monoisotopic (exact) mass is 576 g/mol. The van der Waals surface area contributed by atoms with Crippen LogP contribution in [0.1, 0.15) is 0 Å². The van der Waals surface area contributed by atoms with Crippen LogP contribution in [0, 0.1) is 0 Å². The molecular formula is C40H24N4O. The Labute approximate surface area is 257 Å². The quantitative estimate of drug-likeness (QED) is 0.210. The van der Waals surface area contributed by atoms with Crippen LogP contribution in [0.5, 0.6) is 0 Å². The minimum absolute atomic E-state index is 0.542. The number of furan rings is 1. The summed E-state index contributed by atoms with van der Waals surface area (Å²) < 4.78 is 11.2. The van der Waals surface area contributed by atoms with Gasteiger partial charge in [-0.25, -0.2) is 9.97 Å². The van der Waals surface area contributed by atoms with Crippen LogP contribution in [0.2, 0.25) is 0 Å². The molecule has 45 heavy (non-hydrogen) atoms. The van der Waals surface area contributed by atoms with E-state index < -0.39 is 0 Å². The van der Waals surface area contributed by atoms with E-state index in [4.69, 9.17) is 4.42 Å². The highest BCUT2D eigenvalue weighted by Crippen LogP contribution is 2.42. The van der Waals surface area contributed by atoms with E-state index in [-0.39, 0.29) is 0 Å². The molecule has 4 heterocycles. The molecule has 0 aliphatic heterocycles. The Morgan fingerprint density at radius 3 is 1.80 bits per heavy atom. The topological polar surface area (TPSA) is 48.8 Å². The number of nitrogens with zero attached hydrogens (tertiary/aromatic N) is 4. The maximum Gasteiger partial charge on any atom is 0.246 e. The molecule has 0 radical (unpaired) electrons. The lowest BCUT2D eigenvalue weighted by Crippen LogP contribution is -1.98. The predicted octanol–water partition coefficient (Wildman–Crippen LogP) is 10.2. The summed E-state index contributed by atoms with van der Waals surface area (Å²) in [7, 11) is 0. The molecule has 0 spiro atoms. The third kappa shape index (κ3) is 3.38. The van der Waals surface area contributed by atoms with Gasteiger partial charge in [0.2, 0.25) is 5.71 Å². The van der Waals surface area contributed by atoms with Crippen LogP contribution >= 0.6 is 0 Å². The molecule has 0 aliphatic rings. The smallest absolute Gasteiger partial charge is 0.246 e. The summed E-state index contributed by atoms with van der Waals surface area (Å²) in [6.45, 7) is 0. The van der Waals surface area contributed by atoms with Crippen molar-refractivity contribution in [2.24, 2.45) is 0 Å². The molecule has 0 N–H and O–H groups in total. The van der Waals surface area contributed by atoms with Crippen LogP contribution in [0.3, 0.4) is 0 Å². The van der Waals surface area contributed by atoms with E-state index in [9.17, 15) is 0 Å². The fraction of sp³-hybridized carbons (Fsp3) is 0. The number of hydrogen-bond acceptors (Lipinski definition) is 3. The molecule has 0 saturated carbocycles. The van der Waals surface area contributed by atoms with Gasteiger partial charge in [0.25, 0.3) is 0 Å².